The predicted molar refractivity (Wildman–Crippen MR) is 121 cm³/mol. The van der Waals surface area contributed by atoms with E-state index in [1.807, 2.05) is 50.2 Å². The average Bonchev–Trinajstić information content (AvgIpc) is 3.35. The molecule has 1 atom stereocenters. The molecule has 0 saturated heterocycles. The van der Waals surface area contributed by atoms with Gasteiger partial charge in [-0.3, -0.25) is 19.5 Å². The molecule has 6 nitrogen and oxygen atoms in total. The van der Waals surface area contributed by atoms with Gasteiger partial charge in [0.15, 0.2) is 11.5 Å². The van der Waals surface area contributed by atoms with E-state index < -0.39 is 23.5 Å². The highest BCUT2D eigenvalue weighted by atomic mass is 16.3. The van der Waals surface area contributed by atoms with E-state index in [0.29, 0.717) is 16.8 Å². The standard InChI is InChI=1S/C26H20N2O4/c1-15-9-10-19(12-16(15)2)28-23(18-7-5-11-27-14-18)22(25(30)26(28)31)24(29)21-13-17-6-3-4-8-20(17)32-21/h3-14,23,30H,1-2H3. The zero-order valence-electron chi connectivity index (χ0n) is 17.6. The number of aromatic nitrogens is 1. The first-order valence-electron chi connectivity index (χ1n) is 10.2. The highest BCUT2D eigenvalue weighted by molar-refractivity contribution is 6.20. The van der Waals surface area contributed by atoms with Crippen molar-refractivity contribution < 1.29 is 19.1 Å². The summed E-state index contributed by atoms with van der Waals surface area (Å²) in [5.41, 5.74) is 3.81. The van der Waals surface area contributed by atoms with Crippen LogP contribution in [0.15, 0.2) is 88.8 Å². The summed E-state index contributed by atoms with van der Waals surface area (Å²) in [5, 5.41) is 11.6. The third kappa shape index (κ3) is 3.08. The van der Waals surface area contributed by atoms with Crippen molar-refractivity contribution in [3.63, 3.8) is 0 Å². The first-order chi connectivity index (χ1) is 15.5. The van der Waals surface area contributed by atoms with Gasteiger partial charge in [0.25, 0.3) is 5.91 Å². The number of aryl methyl sites for hydroxylation is 2. The predicted octanol–water partition coefficient (Wildman–Crippen LogP) is 5.23. The number of fused-ring (bicyclic) bond motifs is 1. The number of carbonyl (C=O) groups is 2. The number of aliphatic hydroxyl groups excluding tert-OH is 1. The monoisotopic (exact) mass is 424 g/mol. The minimum absolute atomic E-state index is 0.0275. The Labute approximate surface area is 184 Å². The number of aliphatic hydroxyl groups is 1. The van der Waals surface area contributed by atoms with Crippen LogP contribution in [0, 0.1) is 13.8 Å². The number of amides is 1. The summed E-state index contributed by atoms with van der Waals surface area (Å²) >= 11 is 0. The number of hydrogen-bond donors (Lipinski definition) is 1. The van der Waals surface area contributed by atoms with E-state index in [-0.39, 0.29) is 11.3 Å². The second-order valence-corrected chi connectivity index (χ2v) is 7.87. The Morgan fingerprint density at radius 2 is 1.84 bits per heavy atom. The lowest BCUT2D eigenvalue weighted by Gasteiger charge is -2.27. The summed E-state index contributed by atoms with van der Waals surface area (Å²) < 4.78 is 5.75. The van der Waals surface area contributed by atoms with Gasteiger partial charge in [0.1, 0.15) is 5.58 Å². The average molecular weight is 424 g/mol. The van der Waals surface area contributed by atoms with Crippen molar-refractivity contribution in [3.8, 4) is 0 Å². The first kappa shape index (κ1) is 19.8. The summed E-state index contributed by atoms with van der Waals surface area (Å²) in [7, 11) is 0. The Morgan fingerprint density at radius 3 is 2.56 bits per heavy atom. The second-order valence-electron chi connectivity index (χ2n) is 7.87. The minimum atomic E-state index is -0.834. The maximum absolute atomic E-state index is 13.5. The molecule has 0 aliphatic carbocycles. The third-order valence-corrected chi connectivity index (χ3v) is 5.87. The molecule has 1 aliphatic heterocycles. The van der Waals surface area contributed by atoms with E-state index in [1.165, 1.54) is 4.90 Å². The molecule has 0 saturated carbocycles. The number of Topliss-reactive ketones (excluding diaryl/α,β-unsaturated/α-hetero) is 1. The van der Waals surface area contributed by atoms with Gasteiger partial charge in [-0.05, 0) is 60.9 Å². The van der Waals surface area contributed by atoms with Gasteiger partial charge in [0, 0.05) is 23.5 Å². The molecule has 1 aliphatic rings. The molecule has 1 amide bonds. The molecular weight excluding hydrogens is 404 g/mol. The third-order valence-electron chi connectivity index (χ3n) is 5.87. The van der Waals surface area contributed by atoms with Crippen LogP contribution < -0.4 is 4.90 Å². The Balaban J connectivity index is 1.66. The molecule has 0 spiro atoms. The number of rotatable bonds is 4. The second kappa shape index (κ2) is 7.50. The van der Waals surface area contributed by atoms with Crippen molar-refractivity contribution in [2.75, 3.05) is 4.90 Å². The van der Waals surface area contributed by atoms with E-state index in [9.17, 15) is 14.7 Å². The van der Waals surface area contributed by atoms with Gasteiger partial charge in [0.05, 0.1) is 11.6 Å². The van der Waals surface area contributed by atoms with Crippen LogP contribution in [0.5, 0.6) is 0 Å². The SMILES string of the molecule is Cc1ccc(N2C(=O)C(O)=C(C(=O)c3cc4ccccc4o3)C2c2cccnc2)cc1C. The number of benzene rings is 2. The van der Waals surface area contributed by atoms with Crippen molar-refractivity contribution >= 4 is 28.3 Å². The van der Waals surface area contributed by atoms with Gasteiger partial charge < -0.3 is 9.52 Å². The van der Waals surface area contributed by atoms with E-state index in [4.69, 9.17) is 4.42 Å². The number of hydrogen-bond acceptors (Lipinski definition) is 5. The van der Waals surface area contributed by atoms with Crippen molar-refractivity contribution in [2.24, 2.45) is 0 Å². The maximum Gasteiger partial charge on any atom is 0.294 e. The molecule has 0 fully saturated rings. The molecule has 0 radical (unpaired) electrons. The molecule has 158 valence electrons. The van der Waals surface area contributed by atoms with Gasteiger partial charge >= 0.3 is 0 Å². The number of furan rings is 1. The Bertz CT molecular complexity index is 1370. The van der Waals surface area contributed by atoms with Crippen molar-refractivity contribution in [2.45, 2.75) is 19.9 Å². The Kier molecular flexibility index (Phi) is 4.63. The first-order valence-corrected chi connectivity index (χ1v) is 10.2. The fraction of sp³-hybridized carbons (Fsp3) is 0.115. The number of pyridine rings is 1. The van der Waals surface area contributed by atoms with E-state index in [1.54, 1.807) is 36.7 Å². The van der Waals surface area contributed by atoms with Crippen molar-refractivity contribution in [1.82, 2.24) is 4.98 Å². The quantitative estimate of drug-likeness (QED) is 0.454. The van der Waals surface area contributed by atoms with Crippen LogP contribution in [0.1, 0.15) is 33.3 Å². The molecule has 0 bridgehead atoms. The summed E-state index contributed by atoms with van der Waals surface area (Å²) in [6, 6.07) is 17.2. The van der Waals surface area contributed by atoms with Crippen LogP contribution in [0.4, 0.5) is 5.69 Å². The topological polar surface area (TPSA) is 83.6 Å². The lowest BCUT2D eigenvalue weighted by Crippen LogP contribution is -2.31. The Morgan fingerprint density at radius 1 is 1.03 bits per heavy atom. The summed E-state index contributed by atoms with van der Waals surface area (Å²) in [4.78, 5) is 32.4. The van der Waals surface area contributed by atoms with E-state index in [2.05, 4.69) is 4.98 Å². The van der Waals surface area contributed by atoms with Crippen LogP contribution in [-0.2, 0) is 4.79 Å². The largest absolute Gasteiger partial charge is 0.503 e. The van der Waals surface area contributed by atoms with E-state index in [0.717, 1.165) is 16.5 Å². The van der Waals surface area contributed by atoms with Crippen LogP contribution in [-0.4, -0.2) is 21.8 Å². The minimum Gasteiger partial charge on any atom is -0.503 e. The lowest BCUT2D eigenvalue weighted by molar-refractivity contribution is -0.117. The molecule has 32 heavy (non-hydrogen) atoms. The highest BCUT2D eigenvalue weighted by Crippen LogP contribution is 2.42. The van der Waals surface area contributed by atoms with Gasteiger partial charge in [-0.2, -0.15) is 0 Å². The zero-order chi connectivity index (χ0) is 22.4. The van der Waals surface area contributed by atoms with Crippen molar-refractivity contribution in [3.05, 3.63) is 107 Å². The van der Waals surface area contributed by atoms with Gasteiger partial charge in [0.2, 0.25) is 5.78 Å². The number of carbonyl (C=O) groups excluding carboxylic acids is 2. The molecule has 2 aromatic carbocycles. The normalized spacial score (nSPS) is 16.2. The fourth-order valence-corrected chi connectivity index (χ4v) is 4.06. The van der Waals surface area contributed by atoms with Gasteiger partial charge in [-0.25, -0.2) is 0 Å². The summed E-state index contributed by atoms with van der Waals surface area (Å²) in [5.74, 6) is -1.69. The summed E-state index contributed by atoms with van der Waals surface area (Å²) in [6.45, 7) is 3.93. The zero-order valence-corrected chi connectivity index (χ0v) is 17.6. The van der Waals surface area contributed by atoms with Gasteiger partial charge in [-0.1, -0.05) is 30.3 Å². The lowest BCUT2D eigenvalue weighted by atomic mass is 9.95. The number of ketones is 1. The van der Waals surface area contributed by atoms with Crippen LogP contribution >= 0.6 is 0 Å². The molecule has 3 heterocycles. The molecule has 1 unspecified atom stereocenters. The molecule has 1 N–H and O–H groups in total. The van der Waals surface area contributed by atoms with Crippen molar-refractivity contribution in [1.29, 1.82) is 0 Å². The van der Waals surface area contributed by atoms with E-state index >= 15 is 0 Å². The van der Waals surface area contributed by atoms with Gasteiger partial charge in [-0.15, -0.1) is 0 Å². The van der Waals surface area contributed by atoms with Crippen LogP contribution in [0.2, 0.25) is 0 Å². The molecule has 5 rings (SSSR count). The fourth-order valence-electron chi connectivity index (χ4n) is 4.06. The Hall–Kier alpha value is -4.19. The number of para-hydroxylation sites is 1. The van der Waals surface area contributed by atoms with Crippen LogP contribution in [0.25, 0.3) is 11.0 Å². The molecule has 4 aromatic rings. The summed E-state index contributed by atoms with van der Waals surface area (Å²) in [6.07, 6.45) is 3.21. The number of anilines is 1. The number of nitrogens with zero attached hydrogens (tertiary/aromatic N) is 2. The molecular formula is C26H20N2O4. The smallest absolute Gasteiger partial charge is 0.294 e. The maximum atomic E-state index is 13.5. The molecule has 6 heteroatoms. The van der Waals surface area contributed by atoms with Crippen LogP contribution in [0.3, 0.4) is 0 Å². The molecule has 2 aromatic heterocycles. The highest BCUT2D eigenvalue weighted by Gasteiger charge is 2.45.